The van der Waals surface area contributed by atoms with Crippen LogP contribution in [0.25, 0.3) is 10.9 Å². The van der Waals surface area contributed by atoms with Gasteiger partial charge in [0.15, 0.2) is 16.9 Å². The fourth-order valence-corrected chi connectivity index (χ4v) is 2.60. The van der Waals surface area contributed by atoms with Crippen molar-refractivity contribution in [2.75, 3.05) is 0 Å². The zero-order valence-electron chi connectivity index (χ0n) is 10.6. The number of hydrogen-bond donors (Lipinski definition) is 1. The smallest absolute Gasteiger partial charge is 0.285 e. The monoisotopic (exact) mass is 341 g/mol. The average molecular weight is 341 g/mol. The molecule has 1 aromatic carbocycles. The van der Waals surface area contributed by atoms with Gasteiger partial charge < -0.3 is 0 Å². The standard InChI is InChI=1S/C12H8F5NO3S/c13-10-6-3-1-2-4-7(6)18-8(11(10)14)5-9(12(15,16)17)22(19,20)21/h1-4,9H,5H2,(H,19,20,21). The Morgan fingerprint density at radius 3 is 2.27 bits per heavy atom. The van der Waals surface area contributed by atoms with Gasteiger partial charge in [-0.25, -0.2) is 13.8 Å². The van der Waals surface area contributed by atoms with Crippen molar-refractivity contribution in [3.63, 3.8) is 0 Å². The van der Waals surface area contributed by atoms with Crippen LogP contribution in [0.4, 0.5) is 22.0 Å². The number of para-hydroxylation sites is 1. The van der Waals surface area contributed by atoms with Crippen molar-refractivity contribution in [1.82, 2.24) is 4.98 Å². The Hall–Kier alpha value is -1.81. The van der Waals surface area contributed by atoms with Crippen molar-refractivity contribution in [1.29, 1.82) is 0 Å². The van der Waals surface area contributed by atoms with E-state index >= 15 is 0 Å². The molecule has 0 aliphatic rings. The van der Waals surface area contributed by atoms with E-state index in [9.17, 15) is 30.4 Å². The summed E-state index contributed by atoms with van der Waals surface area (Å²) in [6.45, 7) is 0. The highest BCUT2D eigenvalue weighted by Crippen LogP contribution is 2.30. The molecule has 0 radical (unpaired) electrons. The van der Waals surface area contributed by atoms with Crippen LogP contribution >= 0.6 is 0 Å². The average Bonchev–Trinajstić information content (AvgIpc) is 2.38. The summed E-state index contributed by atoms with van der Waals surface area (Å²) in [6, 6.07) is 5.19. The first-order valence-corrected chi connectivity index (χ1v) is 7.27. The van der Waals surface area contributed by atoms with Gasteiger partial charge in [0.2, 0.25) is 0 Å². The maximum Gasteiger partial charge on any atom is 0.408 e. The largest absolute Gasteiger partial charge is 0.408 e. The number of fused-ring (bicyclic) bond motifs is 1. The summed E-state index contributed by atoms with van der Waals surface area (Å²) in [5.41, 5.74) is -1.16. The van der Waals surface area contributed by atoms with Gasteiger partial charge in [-0.3, -0.25) is 4.55 Å². The van der Waals surface area contributed by atoms with Crippen LogP contribution in [-0.4, -0.2) is 29.4 Å². The fraction of sp³-hybridized carbons (Fsp3) is 0.250. The molecule has 22 heavy (non-hydrogen) atoms. The molecule has 1 unspecified atom stereocenters. The molecule has 1 heterocycles. The van der Waals surface area contributed by atoms with Gasteiger partial charge >= 0.3 is 6.18 Å². The Morgan fingerprint density at radius 2 is 1.73 bits per heavy atom. The lowest BCUT2D eigenvalue weighted by Gasteiger charge is -2.17. The second-order valence-electron chi connectivity index (χ2n) is 4.45. The van der Waals surface area contributed by atoms with E-state index in [1.165, 1.54) is 24.3 Å². The first-order chi connectivity index (χ1) is 10.0. The number of pyridine rings is 1. The summed E-state index contributed by atoms with van der Waals surface area (Å²) in [6.07, 6.45) is -6.89. The van der Waals surface area contributed by atoms with Crippen LogP contribution < -0.4 is 0 Å². The summed E-state index contributed by atoms with van der Waals surface area (Å²) in [5.74, 6) is -3.12. The quantitative estimate of drug-likeness (QED) is 0.689. The van der Waals surface area contributed by atoms with Crippen LogP contribution in [0.1, 0.15) is 5.69 Å². The lowest BCUT2D eigenvalue weighted by molar-refractivity contribution is -0.131. The molecule has 0 amide bonds. The van der Waals surface area contributed by atoms with Crippen LogP contribution in [0.15, 0.2) is 24.3 Å². The van der Waals surface area contributed by atoms with Gasteiger partial charge in [0.05, 0.1) is 11.2 Å². The highest BCUT2D eigenvalue weighted by atomic mass is 32.2. The molecule has 0 bridgehead atoms. The third-order valence-electron chi connectivity index (χ3n) is 2.95. The molecule has 0 aliphatic carbocycles. The number of nitrogens with zero attached hydrogens (tertiary/aromatic N) is 1. The molecule has 1 atom stereocenters. The normalized spacial score (nSPS) is 14.3. The van der Waals surface area contributed by atoms with E-state index in [1.54, 1.807) is 0 Å². The summed E-state index contributed by atoms with van der Waals surface area (Å²) >= 11 is 0. The molecule has 10 heteroatoms. The first kappa shape index (κ1) is 16.6. The second-order valence-corrected chi connectivity index (χ2v) is 6.05. The third kappa shape index (κ3) is 3.17. The molecule has 1 N–H and O–H groups in total. The predicted octanol–water partition coefficient (Wildman–Crippen LogP) is 2.87. The van der Waals surface area contributed by atoms with Crippen molar-refractivity contribution in [2.24, 2.45) is 0 Å². The number of aromatic nitrogens is 1. The van der Waals surface area contributed by atoms with Gasteiger partial charge in [0.1, 0.15) is 0 Å². The molecule has 0 fully saturated rings. The number of halogens is 5. The Balaban J connectivity index is 2.58. The van der Waals surface area contributed by atoms with E-state index in [0.29, 0.717) is 0 Å². The van der Waals surface area contributed by atoms with E-state index in [4.69, 9.17) is 4.55 Å². The van der Waals surface area contributed by atoms with Gasteiger partial charge in [-0.05, 0) is 12.1 Å². The maximum absolute atomic E-state index is 13.8. The summed E-state index contributed by atoms with van der Waals surface area (Å²) in [4.78, 5) is 3.51. The Kier molecular flexibility index (Phi) is 4.09. The van der Waals surface area contributed by atoms with Crippen LogP contribution in [0.3, 0.4) is 0 Å². The fourth-order valence-electron chi connectivity index (χ4n) is 1.90. The number of hydrogen-bond acceptors (Lipinski definition) is 3. The molecule has 0 aliphatic heterocycles. The van der Waals surface area contributed by atoms with Crippen molar-refractivity contribution in [3.8, 4) is 0 Å². The Bertz CT molecular complexity index is 819. The highest BCUT2D eigenvalue weighted by molar-refractivity contribution is 7.86. The van der Waals surface area contributed by atoms with Gasteiger partial charge in [0, 0.05) is 11.8 Å². The van der Waals surface area contributed by atoms with Gasteiger partial charge in [-0.1, -0.05) is 12.1 Å². The number of rotatable bonds is 3. The third-order valence-corrected chi connectivity index (χ3v) is 4.10. The second kappa shape index (κ2) is 5.43. The minimum Gasteiger partial charge on any atom is -0.285 e. The van der Waals surface area contributed by atoms with Crippen molar-refractivity contribution >= 4 is 21.0 Å². The van der Waals surface area contributed by atoms with Gasteiger partial charge in [-0.15, -0.1) is 0 Å². The molecule has 1 aromatic heterocycles. The number of alkyl halides is 3. The zero-order valence-corrected chi connectivity index (χ0v) is 11.4. The van der Waals surface area contributed by atoms with Crippen molar-refractivity contribution in [2.45, 2.75) is 17.8 Å². The first-order valence-electron chi connectivity index (χ1n) is 5.77. The van der Waals surface area contributed by atoms with E-state index in [0.717, 1.165) is 0 Å². The van der Waals surface area contributed by atoms with Crippen molar-refractivity contribution in [3.05, 3.63) is 41.6 Å². The maximum atomic E-state index is 13.8. The van der Waals surface area contributed by atoms with E-state index < -0.39 is 45.3 Å². The molecule has 0 saturated carbocycles. The van der Waals surface area contributed by atoms with E-state index in [2.05, 4.69) is 4.98 Å². The van der Waals surface area contributed by atoms with Crippen LogP contribution in [0.5, 0.6) is 0 Å². The van der Waals surface area contributed by atoms with Crippen LogP contribution in [0, 0.1) is 11.6 Å². The SMILES string of the molecule is O=S(=O)(O)C(Cc1nc2ccccc2c(F)c1F)C(F)(F)F. The Labute approximate surface area is 121 Å². The molecule has 0 saturated heterocycles. The molecular formula is C12H8F5NO3S. The molecular weight excluding hydrogens is 333 g/mol. The number of benzene rings is 1. The van der Waals surface area contributed by atoms with Gasteiger partial charge in [-0.2, -0.15) is 21.6 Å². The van der Waals surface area contributed by atoms with Crippen molar-refractivity contribution < 1.29 is 34.9 Å². The minimum atomic E-state index is -5.56. The lowest BCUT2D eigenvalue weighted by Crippen LogP contribution is -2.38. The predicted molar refractivity (Wildman–Crippen MR) is 66.8 cm³/mol. The molecule has 2 aromatic rings. The summed E-state index contributed by atoms with van der Waals surface area (Å²) in [5, 5.41) is -3.54. The van der Waals surface area contributed by atoms with Crippen LogP contribution in [0.2, 0.25) is 0 Å². The molecule has 120 valence electrons. The van der Waals surface area contributed by atoms with Gasteiger partial charge in [0.25, 0.3) is 10.1 Å². The lowest BCUT2D eigenvalue weighted by atomic mass is 10.1. The van der Waals surface area contributed by atoms with E-state index in [-0.39, 0.29) is 10.9 Å². The molecule has 0 spiro atoms. The van der Waals surface area contributed by atoms with E-state index in [1.807, 2.05) is 0 Å². The van der Waals surface area contributed by atoms with Crippen LogP contribution in [-0.2, 0) is 16.5 Å². The summed E-state index contributed by atoms with van der Waals surface area (Å²) < 4.78 is 95.9. The molecule has 2 rings (SSSR count). The summed E-state index contributed by atoms with van der Waals surface area (Å²) in [7, 11) is -5.56. The molecule has 4 nitrogen and oxygen atoms in total. The topological polar surface area (TPSA) is 67.3 Å². The zero-order chi connectivity index (χ0) is 16.7. The highest BCUT2D eigenvalue weighted by Gasteiger charge is 2.49. The minimum absolute atomic E-state index is 0.132. The Morgan fingerprint density at radius 1 is 1.14 bits per heavy atom.